The second-order valence-corrected chi connectivity index (χ2v) is 14.1. The average Bonchev–Trinajstić information content (AvgIpc) is 3.75. The fraction of sp³-hybridized carbons (Fsp3) is 0.364. The smallest absolute Gasteiger partial charge is 0.497 e. The maximum absolute atomic E-state index is 14.6. The van der Waals surface area contributed by atoms with E-state index in [0.29, 0.717) is 44.7 Å². The van der Waals surface area contributed by atoms with Crippen molar-refractivity contribution >= 4 is 50.5 Å². The first-order valence-electron chi connectivity index (χ1n) is 15.2. The number of nitrogens with zero attached hydrogens (tertiary/aromatic N) is 2. The number of anilines is 2. The van der Waals surface area contributed by atoms with Gasteiger partial charge in [-0.05, 0) is 55.7 Å². The number of alkyl halides is 3. The Labute approximate surface area is 291 Å². The number of sulfonamides is 1. The van der Waals surface area contributed by atoms with E-state index in [4.69, 9.17) is 25.9 Å². The number of oxime groups is 1. The summed E-state index contributed by atoms with van der Waals surface area (Å²) in [5, 5.41) is 7.66. The minimum Gasteiger partial charge on any atom is -0.497 e. The molecule has 268 valence electrons. The number of fused-ring (bicyclic) bond motifs is 2. The maximum atomic E-state index is 14.6. The summed E-state index contributed by atoms with van der Waals surface area (Å²) >= 11 is 6.25. The molecule has 1 heterocycles. The summed E-state index contributed by atoms with van der Waals surface area (Å²) < 4.78 is 79.1. The molecule has 50 heavy (non-hydrogen) atoms. The molecule has 3 aromatic rings. The van der Waals surface area contributed by atoms with Gasteiger partial charge in [-0.25, -0.2) is 8.42 Å². The molecule has 5 rings (SSSR count). The predicted octanol–water partition coefficient (Wildman–Crippen LogP) is 5.69. The van der Waals surface area contributed by atoms with Crippen LogP contribution < -0.4 is 29.1 Å². The van der Waals surface area contributed by atoms with Crippen molar-refractivity contribution in [3.8, 4) is 17.2 Å². The molecule has 1 fully saturated rings. The average molecular weight is 739 g/mol. The number of carbonyl (C=O) groups is 2. The Balaban J connectivity index is 1.47. The number of nitrogens with one attached hydrogen (secondary N) is 2. The molecule has 1 unspecified atom stereocenters. The van der Waals surface area contributed by atoms with E-state index in [9.17, 15) is 31.2 Å². The second kappa shape index (κ2) is 14.3. The molecule has 2 N–H and O–H groups in total. The number of carbonyl (C=O) groups excluding carboxylic acids is 2. The van der Waals surface area contributed by atoms with Crippen LogP contribution in [-0.4, -0.2) is 65.9 Å². The van der Waals surface area contributed by atoms with Crippen molar-refractivity contribution in [3.63, 3.8) is 0 Å². The summed E-state index contributed by atoms with van der Waals surface area (Å²) in [7, 11) is -0.828. The standard InChI is InChI=1S/C33H34ClF3N4O8S/c1-19(39-48-12-9-29(42)40-50(4,44)45)20-13-22(16-24(14-20)46-2)38-30(25-7-5-21(34)15-28(25)47-3)31(43)41-18-32(10-11-32)26-8-6-23(17-27(26)41)49-33(35,36)37/h5-8,13-17,30,38H,9-12,18H2,1-4H3,(H,40,42). The van der Waals surface area contributed by atoms with Crippen LogP contribution in [-0.2, 0) is 29.9 Å². The molecule has 1 spiro atoms. The highest BCUT2D eigenvalue weighted by Crippen LogP contribution is 2.57. The zero-order chi connectivity index (χ0) is 36.4. The van der Waals surface area contributed by atoms with Crippen LogP contribution in [0.5, 0.6) is 17.2 Å². The van der Waals surface area contributed by atoms with Gasteiger partial charge in [-0.2, -0.15) is 0 Å². The summed E-state index contributed by atoms with van der Waals surface area (Å²) in [4.78, 5) is 33.1. The van der Waals surface area contributed by atoms with Gasteiger partial charge in [-0.1, -0.05) is 28.9 Å². The van der Waals surface area contributed by atoms with Crippen LogP contribution in [0.2, 0.25) is 5.02 Å². The van der Waals surface area contributed by atoms with Gasteiger partial charge in [0.25, 0.3) is 5.91 Å². The number of hydrogen-bond donors (Lipinski definition) is 2. The van der Waals surface area contributed by atoms with Crippen molar-refractivity contribution in [2.45, 2.75) is 44.0 Å². The van der Waals surface area contributed by atoms with Crippen LogP contribution in [0, 0.1) is 0 Å². The lowest BCUT2D eigenvalue weighted by atomic mass is 9.99. The number of methoxy groups -OCH3 is 2. The van der Waals surface area contributed by atoms with Crippen LogP contribution in [0.1, 0.15) is 48.9 Å². The van der Waals surface area contributed by atoms with Crippen molar-refractivity contribution in [1.82, 2.24) is 4.72 Å². The Bertz CT molecular complexity index is 1940. The third-order valence-corrected chi connectivity index (χ3v) is 9.02. The van der Waals surface area contributed by atoms with Crippen molar-refractivity contribution in [3.05, 3.63) is 76.3 Å². The fourth-order valence-corrected chi connectivity index (χ4v) is 6.42. The van der Waals surface area contributed by atoms with E-state index in [1.807, 2.05) is 4.72 Å². The zero-order valence-corrected chi connectivity index (χ0v) is 29.0. The van der Waals surface area contributed by atoms with Gasteiger partial charge >= 0.3 is 6.36 Å². The number of hydrogen-bond acceptors (Lipinski definition) is 10. The molecular weight excluding hydrogens is 705 g/mol. The maximum Gasteiger partial charge on any atom is 0.573 e. The lowest BCUT2D eigenvalue weighted by molar-refractivity contribution is -0.274. The summed E-state index contributed by atoms with van der Waals surface area (Å²) in [5.74, 6) is -0.971. The SMILES string of the molecule is COc1cc(NC(C(=O)N2CC3(CC3)c3ccc(OC(F)(F)F)cc32)c2ccc(Cl)cc2OC)cc(C(C)=NOCCC(=O)NS(C)(=O)=O)c1. The van der Waals surface area contributed by atoms with Crippen LogP contribution >= 0.6 is 11.6 Å². The summed E-state index contributed by atoms with van der Waals surface area (Å²) in [6, 6.07) is 12.7. The third-order valence-electron chi connectivity index (χ3n) is 8.19. The molecule has 3 aromatic carbocycles. The number of ether oxygens (including phenoxy) is 3. The quantitative estimate of drug-likeness (QED) is 0.128. The zero-order valence-electron chi connectivity index (χ0n) is 27.4. The molecule has 0 aromatic heterocycles. The number of benzene rings is 3. The first-order chi connectivity index (χ1) is 23.5. The van der Waals surface area contributed by atoms with Crippen molar-refractivity contribution in [2.24, 2.45) is 5.16 Å². The van der Waals surface area contributed by atoms with Gasteiger partial charge in [0.2, 0.25) is 15.9 Å². The van der Waals surface area contributed by atoms with Gasteiger partial charge in [0.1, 0.15) is 29.9 Å². The Morgan fingerprint density at radius 2 is 1.78 bits per heavy atom. The van der Waals surface area contributed by atoms with Gasteiger partial charge in [0.05, 0.1) is 38.3 Å². The predicted molar refractivity (Wildman–Crippen MR) is 180 cm³/mol. The first kappa shape index (κ1) is 36.6. The van der Waals surface area contributed by atoms with Gasteiger partial charge in [-0.15, -0.1) is 13.2 Å². The molecule has 1 atom stereocenters. The molecule has 0 radical (unpaired) electrons. The van der Waals surface area contributed by atoms with Gasteiger partial charge < -0.3 is 29.3 Å². The van der Waals surface area contributed by atoms with E-state index >= 15 is 0 Å². The molecule has 17 heteroatoms. The number of rotatable bonds is 13. The van der Waals surface area contributed by atoms with E-state index in [0.717, 1.165) is 24.7 Å². The highest BCUT2D eigenvalue weighted by Gasteiger charge is 2.54. The van der Waals surface area contributed by atoms with E-state index in [1.165, 1.54) is 31.3 Å². The molecule has 1 saturated carbocycles. The lowest BCUT2D eigenvalue weighted by Crippen LogP contribution is -2.38. The highest BCUT2D eigenvalue weighted by molar-refractivity contribution is 7.89. The van der Waals surface area contributed by atoms with E-state index in [2.05, 4.69) is 15.2 Å². The summed E-state index contributed by atoms with van der Waals surface area (Å²) in [6.45, 7) is 1.70. The van der Waals surface area contributed by atoms with Crippen molar-refractivity contribution in [2.75, 3.05) is 43.8 Å². The number of amides is 2. The summed E-state index contributed by atoms with van der Waals surface area (Å²) in [6.07, 6.45) is -2.77. The van der Waals surface area contributed by atoms with Gasteiger partial charge in [0, 0.05) is 45.9 Å². The third kappa shape index (κ3) is 8.71. The Morgan fingerprint density at radius 3 is 2.42 bits per heavy atom. The largest absolute Gasteiger partial charge is 0.573 e. The minimum atomic E-state index is -4.91. The molecule has 2 amide bonds. The molecular formula is C33H34ClF3N4O8S. The lowest BCUT2D eigenvalue weighted by Gasteiger charge is -2.28. The Kier molecular flexibility index (Phi) is 10.4. The highest BCUT2D eigenvalue weighted by atomic mass is 35.5. The first-order valence-corrected chi connectivity index (χ1v) is 17.5. The van der Waals surface area contributed by atoms with Crippen LogP contribution in [0.25, 0.3) is 0 Å². The fourth-order valence-electron chi connectivity index (χ4n) is 5.75. The second-order valence-electron chi connectivity index (χ2n) is 11.9. The summed E-state index contributed by atoms with van der Waals surface area (Å²) in [5.41, 5.74) is 2.43. The topological polar surface area (TPSA) is 145 Å². The van der Waals surface area contributed by atoms with Gasteiger partial charge in [-0.3, -0.25) is 14.3 Å². The Morgan fingerprint density at radius 1 is 1.04 bits per heavy atom. The minimum absolute atomic E-state index is 0.199. The van der Waals surface area contributed by atoms with Crippen LogP contribution in [0.4, 0.5) is 24.5 Å². The Hall–Kier alpha value is -4.70. The molecule has 0 bridgehead atoms. The van der Waals surface area contributed by atoms with E-state index in [-0.39, 0.29) is 25.0 Å². The van der Waals surface area contributed by atoms with Gasteiger partial charge in [0.15, 0.2) is 0 Å². The van der Waals surface area contributed by atoms with Crippen molar-refractivity contribution < 1.29 is 50.2 Å². The molecule has 2 aliphatic rings. The van der Waals surface area contributed by atoms with Crippen LogP contribution in [0.3, 0.4) is 0 Å². The normalized spacial score (nSPS) is 15.6. The molecule has 1 aliphatic heterocycles. The number of halogens is 4. The molecule has 12 nitrogen and oxygen atoms in total. The van der Waals surface area contributed by atoms with E-state index < -0.39 is 40.0 Å². The van der Waals surface area contributed by atoms with Crippen LogP contribution in [0.15, 0.2) is 59.8 Å². The molecule has 1 aliphatic carbocycles. The molecule has 0 saturated heterocycles. The van der Waals surface area contributed by atoms with E-state index in [1.54, 1.807) is 49.4 Å². The monoisotopic (exact) mass is 738 g/mol. The van der Waals surface area contributed by atoms with Crippen molar-refractivity contribution in [1.29, 1.82) is 0 Å².